The molecule has 2 atom stereocenters. The summed E-state index contributed by atoms with van der Waals surface area (Å²) in [6.07, 6.45) is 13.1. The molecule has 0 saturated carbocycles. The van der Waals surface area contributed by atoms with Gasteiger partial charge in [-0.15, -0.1) is 0 Å². The molecule has 2 unspecified atom stereocenters. The van der Waals surface area contributed by atoms with Crippen LogP contribution in [0, 0.1) is 5.92 Å². The van der Waals surface area contributed by atoms with Crippen molar-refractivity contribution in [3.8, 4) is 11.1 Å². The fourth-order valence-electron chi connectivity index (χ4n) is 6.96. The highest BCUT2D eigenvalue weighted by Crippen LogP contribution is 2.44. The molecule has 1 amide bonds. The van der Waals surface area contributed by atoms with Gasteiger partial charge < -0.3 is 9.47 Å². The lowest BCUT2D eigenvalue weighted by atomic mass is 9.81. The minimum atomic E-state index is -0.264. The Morgan fingerprint density at radius 3 is 1.92 bits per heavy atom. The molecule has 2 aliphatic heterocycles. The van der Waals surface area contributed by atoms with Crippen molar-refractivity contribution in [1.82, 2.24) is 4.90 Å². The first kappa shape index (κ1) is 27.9. The van der Waals surface area contributed by atoms with Gasteiger partial charge in [-0.2, -0.15) is 0 Å². The third-order valence-electron chi connectivity index (χ3n) is 9.05. The number of carbonyl (C=O) groups is 2. The van der Waals surface area contributed by atoms with Crippen molar-refractivity contribution in [1.29, 1.82) is 0 Å². The summed E-state index contributed by atoms with van der Waals surface area (Å²) in [6.45, 7) is 3.55. The van der Waals surface area contributed by atoms with Crippen LogP contribution in [-0.2, 0) is 14.3 Å². The molecule has 2 fully saturated rings. The number of carbonyl (C=O) groups excluding carboxylic acids is 2. The fraction of sp³-hybridized carbons (Fsp3) is 0.588. The van der Waals surface area contributed by atoms with E-state index in [2.05, 4.69) is 55.5 Å². The SMILES string of the molecule is CCCCCCCCCCCC(=O)C1CC2COCC(C1)N2C(=O)OCC1c2ccccc2-c2ccccc21. The van der Waals surface area contributed by atoms with Gasteiger partial charge in [-0.25, -0.2) is 4.79 Å². The summed E-state index contributed by atoms with van der Waals surface area (Å²) in [7, 11) is 0. The van der Waals surface area contributed by atoms with Crippen LogP contribution in [0.3, 0.4) is 0 Å². The van der Waals surface area contributed by atoms with Crippen LogP contribution < -0.4 is 0 Å². The van der Waals surface area contributed by atoms with E-state index in [1.165, 1.54) is 67.2 Å². The maximum Gasteiger partial charge on any atom is 0.410 e. The lowest BCUT2D eigenvalue weighted by molar-refractivity contribution is -0.131. The molecule has 39 heavy (non-hydrogen) atoms. The minimum absolute atomic E-state index is 0.0376. The summed E-state index contributed by atoms with van der Waals surface area (Å²) < 4.78 is 11.8. The molecule has 2 aromatic carbocycles. The van der Waals surface area contributed by atoms with E-state index in [1.54, 1.807) is 0 Å². The predicted octanol–water partition coefficient (Wildman–Crippen LogP) is 7.90. The Balaban J connectivity index is 1.10. The normalized spacial score (nSPS) is 21.9. The molecule has 2 heterocycles. The van der Waals surface area contributed by atoms with Gasteiger partial charge in [-0.3, -0.25) is 9.69 Å². The maximum absolute atomic E-state index is 13.4. The van der Waals surface area contributed by atoms with Crippen LogP contribution in [0.15, 0.2) is 48.5 Å². The van der Waals surface area contributed by atoms with Crippen molar-refractivity contribution < 1.29 is 19.1 Å². The van der Waals surface area contributed by atoms with E-state index in [9.17, 15) is 9.59 Å². The Kier molecular flexibility index (Phi) is 9.73. The molecule has 2 saturated heterocycles. The molecule has 5 rings (SSSR count). The summed E-state index contributed by atoms with van der Waals surface area (Å²) in [4.78, 5) is 28.3. The number of benzene rings is 2. The second-order valence-corrected chi connectivity index (χ2v) is 11.8. The van der Waals surface area contributed by atoms with Gasteiger partial charge in [0, 0.05) is 18.3 Å². The molecule has 0 aromatic heterocycles. The van der Waals surface area contributed by atoms with Gasteiger partial charge in [0.15, 0.2) is 0 Å². The fourth-order valence-corrected chi connectivity index (χ4v) is 6.96. The van der Waals surface area contributed by atoms with E-state index >= 15 is 0 Å². The van der Waals surface area contributed by atoms with Crippen LogP contribution in [0.25, 0.3) is 11.1 Å². The van der Waals surface area contributed by atoms with Crippen LogP contribution in [0.1, 0.15) is 101 Å². The number of hydrogen-bond donors (Lipinski definition) is 0. The molecule has 0 spiro atoms. The van der Waals surface area contributed by atoms with Crippen LogP contribution in [-0.4, -0.2) is 48.7 Å². The standard InChI is InChI=1S/C34H45NO4/c1-2-3-4-5-6-7-8-9-10-19-33(36)25-20-26-22-38-23-27(21-25)35(26)34(37)39-24-32-30-17-13-11-15-28(30)29-16-12-14-18-31(29)32/h11-18,25-27,32H,2-10,19-24H2,1H3. The third-order valence-corrected chi connectivity index (χ3v) is 9.05. The summed E-state index contributed by atoms with van der Waals surface area (Å²) >= 11 is 0. The molecule has 0 radical (unpaired) electrons. The van der Waals surface area contributed by atoms with Gasteiger partial charge in [-0.05, 0) is 41.5 Å². The molecule has 3 aliphatic rings. The Morgan fingerprint density at radius 2 is 1.33 bits per heavy atom. The Bertz CT molecular complexity index is 1050. The number of piperidine rings is 1. The molecule has 5 nitrogen and oxygen atoms in total. The van der Waals surface area contributed by atoms with E-state index in [4.69, 9.17) is 9.47 Å². The number of unbranched alkanes of at least 4 members (excludes halogenated alkanes) is 8. The van der Waals surface area contributed by atoms with Crippen LogP contribution in [0.5, 0.6) is 0 Å². The maximum atomic E-state index is 13.4. The Morgan fingerprint density at radius 1 is 0.795 bits per heavy atom. The van der Waals surface area contributed by atoms with Crippen molar-refractivity contribution in [3.63, 3.8) is 0 Å². The van der Waals surface area contributed by atoms with E-state index in [0.717, 1.165) is 12.8 Å². The van der Waals surface area contributed by atoms with Crippen LogP contribution in [0.4, 0.5) is 4.79 Å². The van der Waals surface area contributed by atoms with E-state index in [0.29, 0.717) is 44.9 Å². The highest BCUT2D eigenvalue weighted by Gasteiger charge is 2.44. The average Bonchev–Trinajstić information content (AvgIpc) is 3.28. The smallest absolute Gasteiger partial charge is 0.410 e. The first-order valence-corrected chi connectivity index (χ1v) is 15.4. The van der Waals surface area contributed by atoms with Crippen molar-refractivity contribution >= 4 is 11.9 Å². The van der Waals surface area contributed by atoms with Crippen molar-refractivity contribution in [2.75, 3.05) is 19.8 Å². The highest BCUT2D eigenvalue weighted by atomic mass is 16.6. The van der Waals surface area contributed by atoms with E-state index in [1.807, 2.05) is 4.90 Å². The second-order valence-electron chi connectivity index (χ2n) is 11.8. The molecule has 2 aromatic rings. The number of ether oxygens (including phenoxy) is 2. The summed E-state index contributed by atoms with van der Waals surface area (Å²) in [5.41, 5.74) is 4.89. The lowest BCUT2D eigenvalue weighted by Crippen LogP contribution is -2.60. The number of rotatable bonds is 13. The quantitative estimate of drug-likeness (QED) is 0.247. The molecule has 1 aliphatic carbocycles. The van der Waals surface area contributed by atoms with Crippen molar-refractivity contribution in [3.05, 3.63) is 59.7 Å². The molecule has 5 heteroatoms. The van der Waals surface area contributed by atoms with Crippen molar-refractivity contribution in [2.45, 2.75) is 102 Å². The summed E-state index contributed by atoms with van der Waals surface area (Å²) in [6, 6.07) is 16.6. The van der Waals surface area contributed by atoms with Gasteiger partial charge >= 0.3 is 6.09 Å². The van der Waals surface area contributed by atoms with Crippen LogP contribution in [0.2, 0.25) is 0 Å². The van der Waals surface area contributed by atoms with E-state index < -0.39 is 0 Å². The number of morpholine rings is 1. The zero-order valence-corrected chi connectivity index (χ0v) is 23.6. The van der Waals surface area contributed by atoms with Gasteiger partial charge in [0.1, 0.15) is 12.4 Å². The van der Waals surface area contributed by atoms with Gasteiger partial charge in [0.25, 0.3) is 0 Å². The van der Waals surface area contributed by atoms with Gasteiger partial charge in [0.2, 0.25) is 0 Å². The zero-order chi connectivity index (χ0) is 27.0. The highest BCUT2D eigenvalue weighted by molar-refractivity contribution is 5.82. The number of hydrogen-bond acceptors (Lipinski definition) is 4. The summed E-state index contributed by atoms with van der Waals surface area (Å²) in [5.74, 6) is 0.463. The molecule has 210 valence electrons. The number of Topliss-reactive ketones (excluding diaryl/α,β-unsaturated/α-hetero) is 1. The number of fused-ring (bicyclic) bond motifs is 5. The zero-order valence-electron chi connectivity index (χ0n) is 23.6. The second kappa shape index (κ2) is 13.6. The van der Waals surface area contributed by atoms with Crippen molar-refractivity contribution in [2.24, 2.45) is 5.92 Å². The third kappa shape index (κ3) is 6.57. The number of ketones is 1. The van der Waals surface area contributed by atoms with Crippen LogP contribution >= 0.6 is 0 Å². The minimum Gasteiger partial charge on any atom is -0.448 e. The summed E-state index contributed by atoms with van der Waals surface area (Å²) in [5, 5.41) is 0. The topological polar surface area (TPSA) is 55.8 Å². The average molecular weight is 532 g/mol. The van der Waals surface area contributed by atoms with E-state index in [-0.39, 0.29) is 30.0 Å². The monoisotopic (exact) mass is 531 g/mol. The molecular formula is C34H45NO4. The Labute approximate surface area is 234 Å². The molecule has 2 bridgehead atoms. The lowest BCUT2D eigenvalue weighted by Gasteiger charge is -2.47. The molecular weight excluding hydrogens is 486 g/mol. The van der Waals surface area contributed by atoms with Gasteiger partial charge in [-0.1, -0.05) is 107 Å². The van der Waals surface area contributed by atoms with Gasteiger partial charge in [0.05, 0.1) is 25.3 Å². The predicted molar refractivity (Wildman–Crippen MR) is 155 cm³/mol. The first-order chi connectivity index (χ1) is 19.2. The number of nitrogens with zero attached hydrogens (tertiary/aromatic N) is 1. The molecule has 0 N–H and O–H groups in total. The number of amides is 1. The first-order valence-electron chi connectivity index (χ1n) is 15.4. The largest absolute Gasteiger partial charge is 0.448 e. The Hall–Kier alpha value is -2.66.